The highest BCUT2D eigenvalue weighted by molar-refractivity contribution is 6.32. The Labute approximate surface area is 127 Å². The van der Waals surface area contributed by atoms with E-state index in [4.69, 9.17) is 16.3 Å². The Bertz CT molecular complexity index is 417. The van der Waals surface area contributed by atoms with Crippen LogP contribution in [0.1, 0.15) is 51.4 Å². The molecule has 0 aromatic heterocycles. The fraction of sp³-hybridized carbons (Fsp3) is 0.765. The molecule has 3 aliphatic rings. The molecule has 1 fully saturated rings. The number of methoxy groups -OCH3 is 1. The molecule has 2 aliphatic carbocycles. The summed E-state index contributed by atoms with van der Waals surface area (Å²) in [6.07, 6.45) is 10.3. The number of ether oxygens (including phenoxy) is 1. The molecule has 2 nitrogen and oxygen atoms in total. The number of nitrogens with zero attached hydrogens (tertiary/aromatic N) is 1. The third kappa shape index (κ3) is 2.98. The minimum atomic E-state index is 0.696. The first kappa shape index (κ1) is 14.6. The third-order valence-corrected chi connectivity index (χ3v) is 5.66. The molecule has 0 amide bonds. The second-order valence-electron chi connectivity index (χ2n) is 6.44. The molecular formula is C17H26ClNO. The zero-order chi connectivity index (χ0) is 13.9. The lowest BCUT2D eigenvalue weighted by molar-refractivity contribution is 0.206. The average molecular weight is 296 g/mol. The van der Waals surface area contributed by atoms with Crippen LogP contribution in [0.3, 0.4) is 0 Å². The zero-order valence-corrected chi connectivity index (χ0v) is 13.3. The maximum atomic E-state index is 6.67. The van der Waals surface area contributed by atoms with Crippen LogP contribution in [-0.2, 0) is 4.74 Å². The van der Waals surface area contributed by atoms with Gasteiger partial charge in [0.1, 0.15) is 0 Å². The average Bonchev–Trinajstić information content (AvgIpc) is 2.95. The Morgan fingerprint density at radius 2 is 1.95 bits per heavy atom. The van der Waals surface area contributed by atoms with Crippen molar-refractivity contribution in [2.75, 3.05) is 26.8 Å². The van der Waals surface area contributed by atoms with E-state index in [-0.39, 0.29) is 0 Å². The molecule has 1 saturated carbocycles. The minimum Gasteiger partial charge on any atom is -0.380 e. The molecule has 0 aromatic rings. The van der Waals surface area contributed by atoms with Crippen molar-refractivity contribution in [1.82, 2.24) is 4.90 Å². The van der Waals surface area contributed by atoms with Crippen LogP contribution in [0, 0.1) is 0 Å². The van der Waals surface area contributed by atoms with Gasteiger partial charge in [0.2, 0.25) is 0 Å². The van der Waals surface area contributed by atoms with Crippen molar-refractivity contribution in [3.05, 3.63) is 21.8 Å². The van der Waals surface area contributed by atoms with E-state index in [1.165, 1.54) is 56.2 Å². The molecule has 0 saturated heterocycles. The quantitative estimate of drug-likeness (QED) is 0.771. The topological polar surface area (TPSA) is 12.5 Å². The van der Waals surface area contributed by atoms with Crippen molar-refractivity contribution in [3.8, 4) is 0 Å². The van der Waals surface area contributed by atoms with Crippen LogP contribution in [0.5, 0.6) is 0 Å². The standard InChI is InChI=1S/C17H26ClNO/c1-20-12-14-6-4-5-13-11-19(15-7-2-3-8-15)10-9-16(13)17(14)18/h15H,2-12H2,1H3. The zero-order valence-electron chi connectivity index (χ0n) is 12.6. The van der Waals surface area contributed by atoms with Gasteiger partial charge in [-0.2, -0.15) is 0 Å². The van der Waals surface area contributed by atoms with Crippen molar-refractivity contribution in [1.29, 1.82) is 0 Å². The normalized spacial score (nSPS) is 26.1. The first-order valence-corrected chi connectivity index (χ1v) is 8.49. The molecule has 20 heavy (non-hydrogen) atoms. The molecule has 1 aliphatic heterocycles. The fourth-order valence-corrected chi connectivity index (χ4v) is 4.45. The molecule has 0 atom stereocenters. The summed E-state index contributed by atoms with van der Waals surface area (Å²) in [6.45, 7) is 3.05. The van der Waals surface area contributed by atoms with Gasteiger partial charge in [-0.3, -0.25) is 4.90 Å². The van der Waals surface area contributed by atoms with Crippen LogP contribution in [0.4, 0.5) is 0 Å². The summed E-state index contributed by atoms with van der Waals surface area (Å²) >= 11 is 6.67. The van der Waals surface area contributed by atoms with Gasteiger partial charge in [0, 0.05) is 31.3 Å². The molecule has 0 unspecified atom stereocenters. The lowest BCUT2D eigenvalue weighted by Gasteiger charge is -2.35. The Hall–Kier alpha value is -0.310. The molecule has 0 N–H and O–H groups in total. The molecule has 1 heterocycles. The van der Waals surface area contributed by atoms with Crippen molar-refractivity contribution < 1.29 is 4.74 Å². The number of allylic oxidation sites excluding steroid dienone is 1. The van der Waals surface area contributed by atoms with Gasteiger partial charge in [0.15, 0.2) is 0 Å². The molecule has 3 rings (SSSR count). The molecule has 112 valence electrons. The summed E-state index contributed by atoms with van der Waals surface area (Å²) in [6, 6.07) is 0.841. The maximum Gasteiger partial charge on any atom is 0.0690 e. The van der Waals surface area contributed by atoms with Crippen LogP contribution in [0.2, 0.25) is 0 Å². The third-order valence-electron chi connectivity index (χ3n) is 5.16. The first-order valence-electron chi connectivity index (χ1n) is 8.11. The largest absolute Gasteiger partial charge is 0.380 e. The van der Waals surface area contributed by atoms with Crippen LogP contribution in [0.25, 0.3) is 0 Å². The lowest BCUT2D eigenvalue weighted by Crippen LogP contribution is -2.38. The van der Waals surface area contributed by atoms with Crippen LogP contribution in [0.15, 0.2) is 21.8 Å². The summed E-state index contributed by atoms with van der Waals surface area (Å²) in [4.78, 5) is 2.72. The van der Waals surface area contributed by atoms with E-state index in [2.05, 4.69) is 4.90 Å². The van der Waals surface area contributed by atoms with Crippen LogP contribution >= 0.6 is 11.6 Å². The summed E-state index contributed by atoms with van der Waals surface area (Å²) < 4.78 is 5.31. The number of halogens is 1. The Morgan fingerprint density at radius 1 is 1.15 bits per heavy atom. The molecule has 3 heteroatoms. The number of hydrogen-bond acceptors (Lipinski definition) is 2. The van der Waals surface area contributed by atoms with Crippen molar-refractivity contribution in [2.45, 2.75) is 57.4 Å². The Kier molecular flexibility index (Phi) is 4.85. The highest BCUT2D eigenvalue weighted by atomic mass is 35.5. The minimum absolute atomic E-state index is 0.696. The summed E-state index contributed by atoms with van der Waals surface area (Å²) in [5, 5.41) is 1.03. The van der Waals surface area contributed by atoms with E-state index in [1.54, 1.807) is 12.7 Å². The second-order valence-corrected chi connectivity index (χ2v) is 6.82. The highest BCUT2D eigenvalue weighted by Gasteiger charge is 2.29. The first-order chi connectivity index (χ1) is 9.79. The monoisotopic (exact) mass is 295 g/mol. The van der Waals surface area contributed by atoms with Gasteiger partial charge in [-0.05, 0) is 49.7 Å². The fourth-order valence-electron chi connectivity index (χ4n) is 4.08. The van der Waals surface area contributed by atoms with E-state index < -0.39 is 0 Å². The van der Waals surface area contributed by atoms with Gasteiger partial charge < -0.3 is 4.74 Å². The summed E-state index contributed by atoms with van der Waals surface area (Å²) in [5.41, 5.74) is 4.37. The second kappa shape index (κ2) is 6.64. The van der Waals surface area contributed by atoms with Crippen LogP contribution < -0.4 is 0 Å². The summed E-state index contributed by atoms with van der Waals surface area (Å²) in [5.74, 6) is 0. The van der Waals surface area contributed by atoms with Gasteiger partial charge in [0.25, 0.3) is 0 Å². The van der Waals surface area contributed by atoms with Gasteiger partial charge in [0.05, 0.1) is 6.61 Å². The van der Waals surface area contributed by atoms with Gasteiger partial charge >= 0.3 is 0 Å². The van der Waals surface area contributed by atoms with Crippen LogP contribution in [-0.4, -0.2) is 37.7 Å². The molecular weight excluding hydrogens is 270 g/mol. The Morgan fingerprint density at radius 3 is 2.70 bits per heavy atom. The van der Waals surface area contributed by atoms with E-state index in [0.29, 0.717) is 6.61 Å². The predicted octanol–water partition coefficient (Wildman–Crippen LogP) is 4.25. The Balaban J connectivity index is 1.77. The highest BCUT2D eigenvalue weighted by Crippen LogP contribution is 2.38. The lowest BCUT2D eigenvalue weighted by atomic mass is 9.96. The smallest absolute Gasteiger partial charge is 0.0690 e. The van der Waals surface area contributed by atoms with Crippen molar-refractivity contribution in [2.24, 2.45) is 0 Å². The van der Waals surface area contributed by atoms with E-state index >= 15 is 0 Å². The van der Waals surface area contributed by atoms with Crippen molar-refractivity contribution >= 4 is 11.6 Å². The number of hydrogen-bond donors (Lipinski definition) is 0. The number of rotatable bonds is 3. The molecule has 0 aromatic carbocycles. The van der Waals surface area contributed by atoms with E-state index in [9.17, 15) is 0 Å². The van der Waals surface area contributed by atoms with Gasteiger partial charge in [-0.15, -0.1) is 0 Å². The van der Waals surface area contributed by atoms with Crippen molar-refractivity contribution in [3.63, 3.8) is 0 Å². The summed E-state index contributed by atoms with van der Waals surface area (Å²) in [7, 11) is 1.76. The van der Waals surface area contributed by atoms with Gasteiger partial charge in [-0.1, -0.05) is 30.0 Å². The van der Waals surface area contributed by atoms with E-state index in [0.717, 1.165) is 30.5 Å². The SMILES string of the molecule is COCC1=C(Cl)C2=C(CCC1)CN(C1CCCC1)CC2. The van der Waals surface area contributed by atoms with E-state index in [1.807, 2.05) is 0 Å². The maximum absolute atomic E-state index is 6.67. The van der Waals surface area contributed by atoms with Gasteiger partial charge in [-0.25, -0.2) is 0 Å². The predicted molar refractivity (Wildman–Crippen MR) is 84.1 cm³/mol. The molecule has 0 bridgehead atoms. The molecule has 0 spiro atoms. The molecule has 0 radical (unpaired) electrons.